The topological polar surface area (TPSA) is 82.5 Å². The Bertz CT molecular complexity index is 523. The first-order valence-electron chi connectivity index (χ1n) is 6.37. The molecular weight excluding hydrogens is 317 g/mol. The van der Waals surface area contributed by atoms with E-state index in [0.717, 1.165) is 0 Å². The molecule has 8 heteroatoms. The first-order chi connectivity index (χ1) is 9.85. The Morgan fingerprint density at radius 3 is 2.57 bits per heavy atom. The van der Waals surface area contributed by atoms with E-state index in [9.17, 15) is 9.59 Å². The fourth-order valence-electron chi connectivity index (χ4n) is 1.72. The Hall–Kier alpha value is -1.37. The fraction of sp³-hybridized carbons (Fsp3) is 0.462. The second-order valence-corrected chi connectivity index (χ2v) is 5.35. The predicted molar refractivity (Wildman–Crippen MR) is 81.4 cm³/mol. The monoisotopic (exact) mass is 333 g/mol. The lowest BCUT2D eigenvalue weighted by Crippen LogP contribution is -2.40. The molecule has 0 aliphatic carbocycles. The van der Waals surface area contributed by atoms with Crippen molar-refractivity contribution in [3.05, 3.63) is 22.4 Å². The highest BCUT2D eigenvalue weighted by atomic mass is 35.5. The minimum Gasteiger partial charge on any atom is -0.395 e. The lowest BCUT2D eigenvalue weighted by Gasteiger charge is -2.25. The summed E-state index contributed by atoms with van der Waals surface area (Å²) in [6, 6.07) is 2.89. The van der Waals surface area contributed by atoms with E-state index in [1.807, 2.05) is 13.8 Å². The van der Waals surface area contributed by atoms with Crippen LogP contribution in [0, 0.1) is 0 Å². The van der Waals surface area contributed by atoms with Gasteiger partial charge in [-0.25, -0.2) is 4.98 Å². The number of aliphatic hydroxyl groups excluding tert-OH is 1. The van der Waals surface area contributed by atoms with Crippen LogP contribution >= 0.6 is 23.2 Å². The van der Waals surface area contributed by atoms with Crippen molar-refractivity contribution in [2.45, 2.75) is 26.3 Å². The van der Waals surface area contributed by atoms with E-state index in [-0.39, 0.29) is 47.5 Å². The molecule has 0 aliphatic rings. The van der Waals surface area contributed by atoms with Gasteiger partial charge in [0.1, 0.15) is 11.6 Å². The molecule has 6 nitrogen and oxygen atoms in total. The summed E-state index contributed by atoms with van der Waals surface area (Å²) in [7, 11) is 0. The number of amides is 2. The number of carbonyl (C=O) groups is 2. The van der Waals surface area contributed by atoms with Crippen molar-refractivity contribution in [2.75, 3.05) is 18.5 Å². The van der Waals surface area contributed by atoms with Gasteiger partial charge in [-0.2, -0.15) is 0 Å². The highest BCUT2D eigenvalue weighted by molar-refractivity contribution is 6.34. The summed E-state index contributed by atoms with van der Waals surface area (Å²) in [4.78, 5) is 29.1. The second-order valence-electron chi connectivity index (χ2n) is 4.60. The largest absolute Gasteiger partial charge is 0.395 e. The van der Waals surface area contributed by atoms with Crippen LogP contribution in [0.3, 0.4) is 0 Å². The molecule has 21 heavy (non-hydrogen) atoms. The quantitative estimate of drug-likeness (QED) is 0.615. The maximum atomic E-state index is 12.0. The van der Waals surface area contributed by atoms with Crippen LogP contribution in [0.5, 0.6) is 0 Å². The van der Waals surface area contributed by atoms with Gasteiger partial charge in [-0.15, -0.1) is 0 Å². The van der Waals surface area contributed by atoms with Gasteiger partial charge in [0.05, 0.1) is 12.3 Å². The van der Waals surface area contributed by atoms with Crippen molar-refractivity contribution >= 4 is 40.7 Å². The van der Waals surface area contributed by atoms with E-state index in [1.165, 1.54) is 17.0 Å². The molecule has 0 bridgehead atoms. The minimum absolute atomic E-state index is 0.0550. The molecule has 116 valence electrons. The van der Waals surface area contributed by atoms with E-state index in [1.54, 1.807) is 0 Å². The standard InChI is InChI=1S/C13H17Cl2N3O3/c1-8(2)18(5-6-19)12(21)7-11(20)16-9-3-4-10(14)17-13(9)15/h3-4,8,19H,5-7H2,1-2H3,(H,16,20). The van der Waals surface area contributed by atoms with Crippen LogP contribution in [0.2, 0.25) is 10.3 Å². The Labute approximate surface area is 133 Å². The van der Waals surface area contributed by atoms with Crippen LogP contribution in [0.15, 0.2) is 12.1 Å². The second kappa shape index (κ2) is 8.17. The predicted octanol–water partition coefficient (Wildman–Crippen LogP) is 1.95. The number of rotatable bonds is 6. The normalized spacial score (nSPS) is 10.6. The van der Waals surface area contributed by atoms with Gasteiger partial charge in [-0.1, -0.05) is 23.2 Å². The summed E-state index contributed by atoms with van der Waals surface area (Å²) in [5, 5.41) is 11.7. The van der Waals surface area contributed by atoms with Crippen LogP contribution in [-0.4, -0.2) is 46.0 Å². The SMILES string of the molecule is CC(C)N(CCO)C(=O)CC(=O)Nc1ccc(Cl)nc1Cl. The van der Waals surface area contributed by atoms with Crippen LogP contribution in [-0.2, 0) is 9.59 Å². The molecular formula is C13H17Cl2N3O3. The molecule has 0 saturated heterocycles. The number of halogens is 2. The molecule has 2 amide bonds. The third-order valence-electron chi connectivity index (χ3n) is 2.69. The number of nitrogens with zero attached hydrogens (tertiary/aromatic N) is 2. The van der Waals surface area contributed by atoms with Crippen molar-refractivity contribution in [1.82, 2.24) is 9.88 Å². The number of hydrogen-bond acceptors (Lipinski definition) is 4. The Balaban J connectivity index is 2.66. The van der Waals surface area contributed by atoms with Crippen molar-refractivity contribution in [1.29, 1.82) is 0 Å². The highest BCUT2D eigenvalue weighted by Gasteiger charge is 2.20. The summed E-state index contributed by atoms with van der Waals surface area (Å²) in [6.07, 6.45) is -0.336. The zero-order valence-corrected chi connectivity index (χ0v) is 13.3. The summed E-state index contributed by atoms with van der Waals surface area (Å²) in [5.74, 6) is -0.871. The Morgan fingerprint density at radius 1 is 1.38 bits per heavy atom. The van der Waals surface area contributed by atoms with Gasteiger partial charge in [0.15, 0.2) is 5.15 Å². The smallest absolute Gasteiger partial charge is 0.233 e. The van der Waals surface area contributed by atoms with Crippen molar-refractivity contribution < 1.29 is 14.7 Å². The number of aromatic nitrogens is 1. The number of hydrogen-bond donors (Lipinski definition) is 2. The summed E-state index contributed by atoms with van der Waals surface area (Å²) in [5.41, 5.74) is 0.289. The molecule has 1 rings (SSSR count). The van der Waals surface area contributed by atoms with Gasteiger partial charge < -0.3 is 15.3 Å². The van der Waals surface area contributed by atoms with Crippen molar-refractivity contribution in [2.24, 2.45) is 0 Å². The summed E-state index contributed by atoms with van der Waals surface area (Å²) >= 11 is 11.5. The zero-order valence-electron chi connectivity index (χ0n) is 11.8. The van der Waals surface area contributed by atoms with E-state index in [4.69, 9.17) is 28.3 Å². The van der Waals surface area contributed by atoms with E-state index < -0.39 is 5.91 Å². The van der Waals surface area contributed by atoms with Gasteiger partial charge in [0.25, 0.3) is 0 Å². The molecule has 0 radical (unpaired) electrons. The van der Waals surface area contributed by atoms with Gasteiger partial charge in [0.2, 0.25) is 11.8 Å². The molecule has 1 aromatic rings. The Morgan fingerprint density at radius 2 is 2.05 bits per heavy atom. The summed E-state index contributed by atoms with van der Waals surface area (Å²) < 4.78 is 0. The van der Waals surface area contributed by atoms with Crippen LogP contribution in [0.1, 0.15) is 20.3 Å². The average molecular weight is 334 g/mol. The molecule has 0 atom stereocenters. The van der Waals surface area contributed by atoms with E-state index >= 15 is 0 Å². The number of aliphatic hydroxyl groups is 1. The molecule has 1 aromatic heterocycles. The van der Waals surface area contributed by atoms with Gasteiger partial charge in [-0.3, -0.25) is 9.59 Å². The third kappa shape index (κ3) is 5.49. The van der Waals surface area contributed by atoms with Crippen LogP contribution in [0.4, 0.5) is 5.69 Å². The van der Waals surface area contributed by atoms with Gasteiger partial charge >= 0.3 is 0 Å². The van der Waals surface area contributed by atoms with E-state index in [0.29, 0.717) is 0 Å². The third-order valence-corrected chi connectivity index (χ3v) is 3.18. The van der Waals surface area contributed by atoms with Crippen molar-refractivity contribution in [3.8, 4) is 0 Å². The fourth-order valence-corrected chi connectivity index (χ4v) is 2.11. The first-order valence-corrected chi connectivity index (χ1v) is 7.13. The van der Waals surface area contributed by atoms with Crippen LogP contribution < -0.4 is 5.32 Å². The number of nitrogens with one attached hydrogen (secondary N) is 1. The molecule has 0 fully saturated rings. The number of carbonyl (C=O) groups excluding carboxylic acids is 2. The van der Waals surface area contributed by atoms with Gasteiger partial charge in [-0.05, 0) is 26.0 Å². The molecule has 0 spiro atoms. The average Bonchev–Trinajstić information content (AvgIpc) is 2.38. The van der Waals surface area contributed by atoms with Crippen LogP contribution in [0.25, 0.3) is 0 Å². The lowest BCUT2D eigenvalue weighted by atomic mass is 10.2. The Kier molecular flexibility index (Phi) is 6.87. The van der Waals surface area contributed by atoms with E-state index in [2.05, 4.69) is 10.3 Å². The summed E-state index contributed by atoms with van der Waals surface area (Å²) in [6.45, 7) is 3.66. The minimum atomic E-state index is -0.505. The maximum Gasteiger partial charge on any atom is 0.233 e. The molecule has 0 unspecified atom stereocenters. The molecule has 0 aromatic carbocycles. The molecule has 1 heterocycles. The van der Waals surface area contributed by atoms with Crippen molar-refractivity contribution in [3.63, 3.8) is 0 Å². The number of pyridine rings is 1. The number of anilines is 1. The maximum absolute atomic E-state index is 12.0. The molecule has 0 aliphatic heterocycles. The first kappa shape index (κ1) is 17.7. The lowest BCUT2D eigenvalue weighted by molar-refractivity contribution is -0.136. The molecule has 0 saturated carbocycles. The zero-order chi connectivity index (χ0) is 16.0. The molecule has 2 N–H and O–H groups in total. The highest BCUT2D eigenvalue weighted by Crippen LogP contribution is 2.21. The van der Waals surface area contributed by atoms with Gasteiger partial charge in [0, 0.05) is 12.6 Å².